The van der Waals surface area contributed by atoms with Crippen LogP contribution in [0.2, 0.25) is 0 Å². The first-order valence-corrected chi connectivity index (χ1v) is 3.94. The van der Waals surface area contributed by atoms with Crippen molar-refractivity contribution in [3.63, 3.8) is 0 Å². The molecular weight excluding hydrogens is 202 g/mol. The molecule has 0 aliphatic heterocycles. The number of halogens is 2. The largest absolute Gasteiger partial charge is 0.397 e. The lowest BCUT2D eigenvalue weighted by atomic mass is 10.1. The molecule has 76 valence electrons. The van der Waals surface area contributed by atoms with Crippen molar-refractivity contribution in [2.75, 3.05) is 5.73 Å². The molecule has 0 bridgehead atoms. The molecule has 15 heavy (non-hydrogen) atoms. The van der Waals surface area contributed by atoms with Gasteiger partial charge in [-0.3, -0.25) is 0 Å². The van der Waals surface area contributed by atoms with Crippen LogP contribution in [-0.2, 0) is 6.42 Å². The van der Waals surface area contributed by atoms with Gasteiger partial charge in [-0.15, -0.1) is 0 Å². The quantitative estimate of drug-likeness (QED) is 0.798. The van der Waals surface area contributed by atoms with E-state index in [-0.39, 0.29) is 23.5 Å². The predicted octanol–water partition coefficient (Wildman–Crippen LogP) is 1.54. The number of nitrogens with zero attached hydrogens (tertiary/aromatic N) is 3. The van der Waals surface area contributed by atoms with Crippen molar-refractivity contribution in [1.29, 1.82) is 10.5 Å². The van der Waals surface area contributed by atoms with E-state index in [0.717, 1.165) is 6.07 Å². The van der Waals surface area contributed by atoms with Crippen LogP contribution >= 0.6 is 0 Å². The molecule has 0 saturated carbocycles. The molecule has 0 fully saturated rings. The lowest BCUT2D eigenvalue weighted by Crippen LogP contribution is -2.03. The van der Waals surface area contributed by atoms with Crippen LogP contribution < -0.4 is 5.73 Å². The average Bonchev–Trinajstić information content (AvgIpc) is 2.20. The first kappa shape index (κ1) is 10.9. The summed E-state index contributed by atoms with van der Waals surface area (Å²) in [5.41, 5.74) is 4.68. The zero-order valence-electron chi connectivity index (χ0n) is 7.54. The van der Waals surface area contributed by atoms with Gasteiger partial charge in [0.1, 0.15) is 11.8 Å². The highest BCUT2D eigenvalue weighted by Gasteiger charge is 2.17. The molecule has 0 aliphatic rings. The minimum absolute atomic E-state index is 0.00542. The molecule has 0 aromatic carbocycles. The SMILES string of the molecule is N#CCc1nc(C#N)c(C(F)F)cc1N. The summed E-state index contributed by atoms with van der Waals surface area (Å²) in [5.74, 6) is 0. The van der Waals surface area contributed by atoms with E-state index in [4.69, 9.17) is 16.3 Å². The third-order valence-electron chi connectivity index (χ3n) is 1.75. The summed E-state index contributed by atoms with van der Waals surface area (Å²) >= 11 is 0. The van der Waals surface area contributed by atoms with Crippen molar-refractivity contribution >= 4 is 5.69 Å². The van der Waals surface area contributed by atoms with Crippen LogP contribution in [0.1, 0.15) is 23.4 Å². The molecular formula is C9H6F2N4. The molecule has 4 nitrogen and oxygen atoms in total. The third-order valence-corrected chi connectivity index (χ3v) is 1.75. The minimum Gasteiger partial charge on any atom is -0.397 e. The second-order valence-corrected chi connectivity index (χ2v) is 2.71. The first-order valence-electron chi connectivity index (χ1n) is 3.94. The molecule has 0 amide bonds. The van der Waals surface area contributed by atoms with Gasteiger partial charge < -0.3 is 5.73 Å². The van der Waals surface area contributed by atoms with Crippen LogP contribution in [0.3, 0.4) is 0 Å². The molecule has 0 aliphatic carbocycles. The Morgan fingerprint density at radius 2 is 2.13 bits per heavy atom. The molecule has 2 N–H and O–H groups in total. The average molecular weight is 208 g/mol. The fourth-order valence-electron chi connectivity index (χ4n) is 1.06. The second kappa shape index (κ2) is 4.34. The Morgan fingerprint density at radius 3 is 2.60 bits per heavy atom. The number of hydrogen-bond acceptors (Lipinski definition) is 4. The second-order valence-electron chi connectivity index (χ2n) is 2.71. The summed E-state index contributed by atoms with van der Waals surface area (Å²) < 4.78 is 24.8. The normalized spacial score (nSPS) is 9.67. The minimum atomic E-state index is -2.80. The van der Waals surface area contributed by atoms with Crippen LogP contribution in [-0.4, -0.2) is 4.98 Å². The van der Waals surface area contributed by atoms with Crippen LogP contribution in [0.4, 0.5) is 14.5 Å². The number of nitrogens with two attached hydrogens (primary N) is 1. The van der Waals surface area contributed by atoms with Gasteiger partial charge in [0.05, 0.1) is 29.4 Å². The van der Waals surface area contributed by atoms with E-state index in [1.165, 1.54) is 0 Å². The molecule has 1 heterocycles. The molecule has 0 atom stereocenters. The van der Waals surface area contributed by atoms with E-state index in [1.807, 2.05) is 0 Å². The Labute approximate surface area is 84.6 Å². The molecule has 0 spiro atoms. The number of nitriles is 2. The van der Waals surface area contributed by atoms with Crippen molar-refractivity contribution in [2.45, 2.75) is 12.8 Å². The standard InChI is InChI=1S/C9H6F2N4/c10-9(11)5-3-6(14)7(1-2-12)15-8(5)4-13/h3,9H,1,14H2. The maximum Gasteiger partial charge on any atom is 0.266 e. The van der Waals surface area contributed by atoms with E-state index in [0.29, 0.717) is 0 Å². The van der Waals surface area contributed by atoms with Gasteiger partial charge in [-0.25, -0.2) is 13.8 Å². The molecule has 0 radical (unpaired) electrons. The third kappa shape index (κ3) is 2.18. The Bertz CT molecular complexity index is 456. The van der Waals surface area contributed by atoms with Crippen LogP contribution in [0, 0.1) is 22.7 Å². The van der Waals surface area contributed by atoms with E-state index in [9.17, 15) is 8.78 Å². The number of anilines is 1. The highest BCUT2D eigenvalue weighted by Crippen LogP contribution is 2.25. The molecule has 1 aromatic rings. The monoisotopic (exact) mass is 208 g/mol. The molecule has 6 heteroatoms. The molecule has 0 saturated heterocycles. The maximum absolute atomic E-state index is 12.4. The van der Waals surface area contributed by atoms with Gasteiger partial charge in [0, 0.05) is 0 Å². The lowest BCUT2D eigenvalue weighted by Gasteiger charge is -2.06. The highest BCUT2D eigenvalue weighted by molar-refractivity contribution is 5.50. The number of alkyl halides is 2. The Morgan fingerprint density at radius 1 is 1.47 bits per heavy atom. The lowest BCUT2D eigenvalue weighted by molar-refractivity contribution is 0.150. The number of hydrogen-bond donors (Lipinski definition) is 1. The summed E-state index contributed by atoms with van der Waals surface area (Å²) in [6.45, 7) is 0. The van der Waals surface area contributed by atoms with Crippen LogP contribution in [0.5, 0.6) is 0 Å². The van der Waals surface area contributed by atoms with Crippen molar-refractivity contribution in [1.82, 2.24) is 4.98 Å². The fourth-order valence-corrected chi connectivity index (χ4v) is 1.06. The van der Waals surface area contributed by atoms with Gasteiger partial charge >= 0.3 is 0 Å². The van der Waals surface area contributed by atoms with E-state index < -0.39 is 12.0 Å². The Hall–Kier alpha value is -2.21. The van der Waals surface area contributed by atoms with Crippen molar-refractivity contribution in [3.8, 4) is 12.1 Å². The summed E-state index contributed by atoms with van der Waals surface area (Å²) in [4.78, 5) is 3.61. The van der Waals surface area contributed by atoms with E-state index in [1.54, 1.807) is 12.1 Å². The zero-order valence-corrected chi connectivity index (χ0v) is 7.54. The predicted molar refractivity (Wildman–Crippen MR) is 47.6 cm³/mol. The van der Waals surface area contributed by atoms with Crippen LogP contribution in [0.25, 0.3) is 0 Å². The van der Waals surface area contributed by atoms with Crippen molar-refractivity contribution in [2.24, 2.45) is 0 Å². The number of nitrogen functional groups attached to an aromatic ring is 1. The first-order chi connectivity index (χ1) is 7.10. The Kier molecular flexibility index (Phi) is 3.14. The highest BCUT2D eigenvalue weighted by atomic mass is 19.3. The van der Waals surface area contributed by atoms with Gasteiger partial charge in [0.15, 0.2) is 0 Å². The fraction of sp³-hybridized carbons (Fsp3) is 0.222. The topological polar surface area (TPSA) is 86.5 Å². The Balaban J connectivity index is 3.32. The number of rotatable bonds is 2. The number of aromatic nitrogens is 1. The maximum atomic E-state index is 12.4. The van der Waals surface area contributed by atoms with Gasteiger partial charge in [-0.05, 0) is 6.07 Å². The van der Waals surface area contributed by atoms with E-state index >= 15 is 0 Å². The smallest absolute Gasteiger partial charge is 0.266 e. The summed E-state index contributed by atoms with van der Waals surface area (Å²) in [5, 5.41) is 17.0. The zero-order chi connectivity index (χ0) is 11.4. The summed E-state index contributed by atoms with van der Waals surface area (Å²) in [7, 11) is 0. The van der Waals surface area contributed by atoms with Gasteiger partial charge in [-0.1, -0.05) is 0 Å². The van der Waals surface area contributed by atoms with Gasteiger partial charge in [-0.2, -0.15) is 10.5 Å². The van der Waals surface area contributed by atoms with Gasteiger partial charge in [0.25, 0.3) is 6.43 Å². The molecule has 0 unspecified atom stereocenters. The summed E-state index contributed by atoms with van der Waals surface area (Å²) in [6, 6.07) is 4.32. The van der Waals surface area contributed by atoms with Gasteiger partial charge in [0.2, 0.25) is 0 Å². The van der Waals surface area contributed by atoms with E-state index in [2.05, 4.69) is 4.98 Å². The van der Waals surface area contributed by atoms with Crippen molar-refractivity contribution < 1.29 is 8.78 Å². The molecule has 1 rings (SSSR count). The van der Waals surface area contributed by atoms with Crippen molar-refractivity contribution in [3.05, 3.63) is 23.0 Å². The number of pyridine rings is 1. The summed E-state index contributed by atoms with van der Waals surface area (Å²) in [6.07, 6.45) is -2.91. The molecule has 1 aromatic heterocycles. The van der Waals surface area contributed by atoms with Crippen LogP contribution in [0.15, 0.2) is 6.07 Å².